The van der Waals surface area contributed by atoms with E-state index in [1.807, 2.05) is 30.3 Å². The first-order valence-electron chi connectivity index (χ1n) is 7.76. The van der Waals surface area contributed by atoms with Crippen molar-refractivity contribution in [3.63, 3.8) is 0 Å². The number of rotatable bonds is 4. The molecular formula is C18H12N4O4. The van der Waals surface area contributed by atoms with Gasteiger partial charge in [-0.15, -0.1) is 0 Å². The first kappa shape index (κ1) is 15.7. The average Bonchev–Trinajstić information content (AvgIpc) is 3.13. The summed E-state index contributed by atoms with van der Waals surface area (Å²) in [5, 5.41) is 15.2. The number of aromatic nitrogens is 3. The van der Waals surface area contributed by atoms with Gasteiger partial charge in [0.2, 0.25) is 0 Å². The molecule has 8 heteroatoms. The highest BCUT2D eigenvalue weighted by Crippen LogP contribution is 2.19. The van der Waals surface area contributed by atoms with Gasteiger partial charge in [-0.1, -0.05) is 35.5 Å². The number of non-ortho nitro benzene ring substituents is 1. The Balaban J connectivity index is 1.67. The fourth-order valence-electron chi connectivity index (χ4n) is 2.67. The van der Waals surface area contributed by atoms with Gasteiger partial charge in [0.1, 0.15) is 5.69 Å². The maximum atomic E-state index is 12.6. The molecule has 0 amide bonds. The normalized spacial score (nSPS) is 10.9. The Labute approximate surface area is 146 Å². The molecule has 4 rings (SSSR count). The molecule has 2 aromatic carbocycles. The van der Waals surface area contributed by atoms with Crippen LogP contribution in [-0.4, -0.2) is 19.6 Å². The van der Waals surface area contributed by atoms with E-state index in [9.17, 15) is 14.9 Å². The minimum atomic E-state index is -0.522. The van der Waals surface area contributed by atoms with Crippen molar-refractivity contribution < 1.29 is 9.45 Å². The monoisotopic (exact) mass is 348 g/mol. The van der Waals surface area contributed by atoms with Crippen molar-refractivity contribution in [3.8, 4) is 11.3 Å². The molecule has 0 aliphatic carbocycles. The van der Waals surface area contributed by atoms with Gasteiger partial charge in [0, 0.05) is 23.8 Å². The number of fused-ring (bicyclic) bond motifs is 1. The summed E-state index contributed by atoms with van der Waals surface area (Å²) in [6.45, 7) is 0.165. The fourth-order valence-corrected chi connectivity index (χ4v) is 2.67. The number of nitro benzene ring substituents is 1. The van der Waals surface area contributed by atoms with Gasteiger partial charge < -0.3 is 4.52 Å². The van der Waals surface area contributed by atoms with Crippen LogP contribution in [0.25, 0.3) is 22.2 Å². The molecule has 0 saturated carbocycles. The Morgan fingerprint density at radius 2 is 1.92 bits per heavy atom. The Morgan fingerprint density at radius 1 is 1.12 bits per heavy atom. The lowest BCUT2D eigenvalue weighted by atomic mass is 10.1. The van der Waals surface area contributed by atoms with Gasteiger partial charge in [-0.05, 0) is 6.07 Å². The summed E-state index contributed by atoms with van der Waals surface area (Å²) < 4.78 is 6.69. The molecule has 0 N–H and O–H groups in total. The molecule has 0 aliphatic rings. The van der Waals surface area contributed by atoms with E-state index in [4.69, 9.17) is 4.52 Å². The summed E-state index contributed by atoms with van der Waals surface area (Å²) in [5.41, 5.74) is 1.47. The SMILES string of the molecule is O=c1c2ccc([N+](=O)[O-])cc2ncn1Cc1cc(-c2ccccc2)no1. The van der Waals surface area contributed by atoms with Crippen molar-refractivity contribution in [1.82, 2.24) is 14.7 Å². The molecule has 0 saturated heterocycles. The molecule has 4 aromatic rings. The highest BCUT2D eigenvalue weighted by molar-refractivity contribution is 5.79. The van der Waals surface area contributed by atoms with E-state index >= 15 is 0 Å². The van der Waals surface area contributed by atoms with Crippen LogP contribution in [0.15, 0.2) is 70.2 Å². The van der Waals surface area contributed by atoms with Crippen LogP contribution in [0.5, 0.6) is 0 Å². The summed E-state index contributed by atoms with van der Waals surface area (Å²) >= 11 is 0. The third-order valence-corrected chi connectivity index (χ3v) is 3.97. The Bertz CT molecular complexity index is 1160. The van der Waals surface area contributed by atoms with Crippen LogP contribution in [-0.2, 0) is 6.54 Å². The lowest BCUT2D eigenvalue weighted by molar-refractivity contribution is -0.384. The van der Waals surface area contributed by atoms with Gasteiger partial charge in [-0.2, -0.15) is 0 Å². The Kier molecular flexibility index (Phi) is 3.77. The lowest BCUT2D eigenvalue weighted by Crippen LogP contribution is -2.21. The predicted octanol–water partition coefficient (Wildman–Crippen LogP) is 3.01. The zero-order chi connectivity index (χ0) is 18.1. The molecule has 0 atom stereocenters. The number of hydrogen-bond acceptors (Lipinski definition) is 6. The van der Waals surface area contributed by atoms with Crippen LogP contribution < -0.4 is 5.56 Å². The number of nitro groups is 1. The zero-order valence-electron chi connectivity index (χ0n) is 13.4. The second-order valence-corrected chi connectivity index (χ2v) is 5.68. The van der Waals surface area contributed by atoms with Crippen LogP contribution in [0.2, 0.25) is 0 Å². The van der Waals surface area contributed by atoms with Crippen molar-refractivity contribution >= 4 is 16.6 Å². The van der Waals surface area contributed by atoms with E-state index in [0.29, 0.717) is 16.8 Å². The Hall–Kier alpha value is -3.81. The molecule has 128 valence electrons. The molecule has 0 radical (unpaired) electrons. The van der Waals surface area contributed by atoms with Gasteiger partial charge in [0.15, 0.2) is 5.76 Å². The molecule has 0 unspecified atom stereocenters. The standard InChI is InChI=1S/C18H12N4O4/c23-18-15-7-6-13(22(24)25)8-17(15)19-11-21(18)10-14-9-16(20-26-14)12-4-2-1-3-5-12/h1-9,11H,10H2. The minimum absolute atomic E-state index is 0.107. The molecule has 0 aliphatic heterocycles. The molecular weight excluding hydrogens is 336 g/mol. The van der Waals surface area contributed by atoms with Crippen LogP contribution in [0, 0.1) is 10.1 Å². The second-order valence-electron chi connectivity index (χ2n) is 5.68. The topological polar surface area (TPSA) is 104 Å². The molecule has 0 bridgehead atoms. The van der Waals surface area contributed by atoms with Gasteiger partial charge in [-0.25, -0.2) is 4.98 Å². The van der Waals surface area contributed by atoms with Gasteiger partial charge in [0.05, 0.1) is 28.7 Å². The summed E-state index contributed by atoms with van der Waals surface area (Å²) in [5.74, 6) is 0.508. The van der Waals surface area contributed by atoms with Crippen molar-refractivity contribution in [3.05, 3.63) is 87.2 Å². The maximum Gasteiger partial charge on any atom is 0.271 e. The number of benzene rings is 2. The molecule has 0 spiro atoms. The largest absolute Gasteiger partial charge is 0.359 e. The molecule has 2 aromatic heterocycles. The first-order valence-corrected chi connectivity index (χ1v) is 7.76. The molecule has 26 heavy (non-hydrogen) atoms. The third-order valence-electron chi connectivity index (χ3n) is 3.97. The average molecular weight is 348 g/mol. The smallest absolute Gasteiger partial charge is 0.271 e. The molecule has 8 nitrogen and oxygen atoms in total. The summed E-state index contributed by atoms with van der Waals surface area (Å²) in [6.07, 6.45) is 1.35. The predicted molar refractivity (Wildman–Crippen MR) is 93.7 cm³/mol. The lowest BCUT2D eigenvalue weighted by Gasteiger charge is -2.04. The highest BCUT2D eigenvalue weighted by atomic mass is 16.6. The van der Waals surface area contributed by atoms with Crippen molar-refractivity contribution in [1.29, 1.82) is 0 Å². The number of nitrogens with zero attached hydrogens (tertiary/aromatic N) is 4. The van der Waals surface area contributed by atoms with Crippen molar-refractivity contribution in [2.24, 2.45) is 0 Å². The number of hydrogen-bond donors (Lipinski definition) is 0. The van der Waals surface area contributed by atoms with Crippen LogP contribution >= 0.6 is 0 Å². The maximum absolute atomic E-state index is 12.6. The van der Waals surface area contributed by atoms with Crippen molar-refractivity contribution in [2.45, 2.75) is 6.54 Å². The minimum Gasteiger partial charge on any atom is -0.359 e. The summed E-state index contributed by atoms with van der Waals surface area (Å²) in [6, 6.07) is 15.3. The summed E-state index contributed by atoms with van der Waals surface area (Å²) in [4.78, 5) is 27.0. The second kappa shape index (κ2) is 6.25. The van der Waals surface area contributed by atoms with E-state index < -0.39 is 4.92 Å². The quantitative estimate of drug-likeness (QED) is 0.415. The Morgan fingerprint density at radius 3 is 2.69 bits per heavy atom. The van der Waals surface area contributed by atoms with Gasteiger partial charge >= 0.3 is 0 Å². The van der Waals surface area contributed by atoms with E-state index in [0.717, 1.165) is 5.56 Å². The summed E-state index contributed by atoms with van der Waals surface area (Å²) in [7, 11) is 0. The fraction of sp³-hybridized carbons (Fsp3) is 0.0556. The van der Waals surface area contributed by atoms with Gasteiger partial charge in [-0.3, -0.25) is 19.5 Å². The third kappa shape index (κ3) is 2.84. The zero-order valence-corrected chi connectivity index (χ0v) is 13.4. The van der Waals surface area contributed by atoms with E-state index in [1.165, 1.54) is 29.1 Å². The van der Waals surface area contributed by atoms with Crippen LogP contribution in [0.1, 0.15) is 5.76 Å². The first-order chi connectivity index (χ1) is 12.6. The molecule has 2 heterocycles. The van der Waals surface area contributed by atoms with E-state index in [-0.39, 0.29) is 23.3 Å². The van der Waals surface area contributed by atoms with Crippen LogP contribution in [0.3, 0.4) is 0 Å². The molecule has 0 fully saturated rings. The van der Waals surface area contributed by atoms with Crippen molar-refractivity contribution in [2.75, 3.05) is 0 Å². The van der Waals surface area contributed by atoms with Crippen LogP contribution in [0.4, 0.5) is 5.69 Å². The van der Waals surface area contributed by atoms with E-state index in [1.54, 1.807) is 6.07 Å². The van der Waals surface area contributed by atoms with E-state index in [2.05, 4.69) is 10.1 Å². The highest BCUT2D eigenvalue weighted by Gasteiger charge is 2.12. The van der Waals surface area contributed by atoms with Gasteiger partial charge in [0.25, 0.3) is 11.2 Å².